The zero-order valence-electron chi connectivity index (χ0n) is 7.32. The van der Waals surface area contributed by atoms with Crippen molar-refractivity contribution in [1.29, 1.82) is 5.26 Å². The molecule has 0 aliphatic carbocycles. The van der Waals surface area contributed by atoms with E-state index in [9.17, 15) is 4.79 Å². The van der Waals surface area contributed by atoms with E-state index in [-0.39, 0.29) is 0 Å². The zero-order chi connectivity index (χ0) is 9.97. The van der Waals surface area contributed by atoms with Crippen LogP contribution in [0.1, 0.15) is 11.7 Å². The third-order valence-corrected chi connectivity index (χ3v) is 2.05. The Balaban J connectivity index is 2.55. The van der Waals surface area contributed by atoms with Gasteiger partial charge in [0, 0.05) is 0 Å². The van der Waals surface area contributed by atoms with Crippen molar-refractivity contribution in [3.8, 4) is 6.07 Å². The highest BCUT2D eigenvalue weighted by molar-refractivity contribution is 5.72. The van der Waals surface area contributed by atoms with Crippen LogP contribution in [-0.2, 0) is 4.79 Å². The van der Waals surface area contributed by atoms with Gasteiger partial charge in [0.05, 0.1) is 6.07 Å². The maximum atomic E-state index is 10.6. The highest BCUT2D eigenvalue weighted by atomic mass is 16.1. The third kappa shape index (κ3) is 1.25. The van der Waals surface area contributed by atoms with Crippen molar-refractivity contribution >= 4 is 17.3 Å². The molecule has 4 nitrogen and oxygen atoms in total. The van der Waals surface area contributed by atoms with E-state index < -0.39 is 5.92 Å². The summed E-state index contributed by atoms with van der Waals surface area (Å²) in [6.07, 6.45) is 0.612. The molecular weight excluding hydrogens is 178 g/mol. The first-order chi connectivity index (χ1) is 6.85. The number of aldehydes is 1. The molecule has 0 aliphatic heterocycles. The van der Waals surface area contributed by atoms with Crippen molar-refractivity contribution in [3.05, 3.63) is 30.1 Å². The largest absolute Gasteiger partial charge is 0.301 e. The van der Waals surface area contributed by atoms with Gasteiger partial charge >= 0.3 is 0 Å². The molecule has 0 saturated carbocycles. The van der Waals surface area contributed by atoms with Crippen molar-refractivity contribution in [2.75, 3.05) is 0 Å². The summed E-state index contributed by atoms with van der Waals surface area (Å²) in [7, 11) is 0. The van der Waals surface area contributed by atoms with Crippen LogP contribution in [0.25, 0.3) is 11.0 Å². The maximum absolute atomic E-state index is 10.6. The van der Waals surface area contributed by atoms with Crippen molar-refractivity contribution in [1.82, 2.24) is 4.98 Å². The van der Waals surface area contributed by atoms with Gasteiger partial charge in [-0.25, -0.2) is 9.97 Å². The van der Waals surface area contributed by atoms with Crippen LogP contribution in [0, 0.1) is 11.3 Å². The van der Waals surface area contributed by atoms with E-state index >= 15 is 0 Å². The van der Waals surface area contributed by atoms with Gasteiger partial charge in [0.2, 0.25) is 5.92 Å². The average molecular weight is 186 g/mol. The number of nitrogens with zero attached hydrogens (tertiary/aromatic N) is 1. The highest BCUT2D eigenvalue weighted by Crippen LogP contribution is 2.11. The third-order valence-electron chi connectivity index (χ3n) is 2.05. The number of hydrogen-bond donors (Lipinski definition) is 1. The second-order valence-corrected chi connectivity index (χ2v) is 2.95. The Morgan fingerprint density at radius 2 is 2.29 bits per heavy atom. The molecule has 0 bridgehead atoms. The van der Waals surface area contributed by atoms with Crippen LogP contribution in [0.15, 0.2) is 24.3 Å². The SMILES string of the molecule is N#CC(C=O)c1[nH]c2ccccc2[nH+]1. The average Bonchev–Trinajstić information content (AvgIpc) is 2.63. The maximum Gasteiger partial charge on any atom is 0.278 e. The summed E-state index contributed by atoms with van der Waals surface area (Å²) < 4.78 is 0. The molecule has 2 N–H and O–H groups in total. The molecule has 1 aromatic heterocycles. The molecule has 1 heterocycles. The van der Waals surface area contributed by atoms with Crippen LogP contribution in [0.2, 0.25) is 0 Å². The van der Waals surface area contributed by atoms with Crippen molar-refractivity contribution < 1.29 is 9.78 Å². The van der Waals surface area contributed by atoms with Gasteiger partial charge in [-0.05, 0) is 12.1 Å². The Labute approximate surface area is 80.2 Å². The second-order valence-electron chi connectivity index (χ2n) is 2.95. The molecule has 0 spiro atoms. The van der Waals surface area contributed by atoms with E-state index in [2.05, 4.69) is 9.97 Å². The minimum Gasteiger partial charge on any atom is -0.301 e. The molecule has 2 aromatic rings. The lowest BCUT2D eigenvalue weighted by atomic mass is 10.2. The van der Waals surface area contributed by atoms with E-state index in [0.717, 1.165) is 11.0 Å². The minimum absolute atomic E-state index is 0.531. The van der Waals surface area contributed by atoms with Gasteiger partial charge in [-0.15, -0.1) is 0 Å². The summed E-state index contributed by atoms with van der Waals surface area (Å²) in [6.45, 7) is 0. The molecule has 0 radical (unpaired) electrons. The normalized spacial score (nSPS) is 12.2. The topological polar surface area (TPSA) is 70.8 Å². The van der Waals surface area contributed by atoms with E-state index in [4.69, 9.17) is 5.26 Å². The molecule has 1 aromatic carbocycles. The number of imidazole rings is 1. The molecule has 0 aliphatic rings. The molecule has 68 valence electrons. The number of carbonyl (C=O) groups excluding carboxylic acids is 1. The Bertz CT molecular complexity index is 476. The monoisotopic (exact) mass is 186 g/mol. The standard InChI is InChI=1S/C10H7N3O/c11-5-7(6-14)10-12-8-3-1-2-4-9(8)13-10/h1-4,6-7H,(H,12,13)/p+1. The van der Waals surface area contributed by atoms with Gasteiger partial charge in [0.25, 0.3) is 5.82 Å². The number of nitrogens with one attached hydrogen (secondary N) is 2. The number of benzene rings is 1. The Hall–Kier alpha value is -2.15. The summed E-state index contributed by atoms with van der Waals surface area (Å²) >= 11 is 0. The first kappa shape index (κ1) is 8.45. The molecule has 0 amide bonds. The molecule has 1 atom stereocenters. The number of aromatic amines is 2. The van der Waals surface area contributed by atoms with Crippen LogP contribution in [0.3, 0.4) is 0 Å². The first-order valence-electron chi connectivity index (χ1n) is 4.20. The van der Waals surface area contributed by atoms with Gasteiger partial charge in [-0.2, -0.15) is 5.26 Å². The highest BCUT2D eigenvalue weighted by Gasteiger charge is 2.19. The zero-order valence-corrected chi connectivity index (χ0v) is 7.32. The Kier molecular flexibility index (Phi) is 1.99. The summed E-state index contributed by atoms with van der Waals surface area (Å²) in [4.78, 5) is 16.5. The lowest BCUT2D eigenvalue weighted by Crippen LogP contribution is -2.12. The van der Waals surface area contributed by atoms with Crippen LogP contribution >= 0.6 is 0 Å². The summed E-state index contributed by atoms with van der Waals surface area (Å²) in [5.41, 5.74) is 1.79. The number of fused-ring (bicyclic) bond motifs is 1. The van der Waals surface area contributed by atoms with Gasteiger partial charge in [-0.1, -0.05) is 12.1 Å². The molecule has 1 unspecified atom stereocenters. The molecule has 14 heavy (non-hydrogen) atoms. The van der Waals surface area contributed by atoms with Gasteiger partial charge in [-0.3, -0.25) is 0 Å². The van der Waals surface area contributed by atoms with Crippen LogP contribution in [0.5, 0.6) is 0 Å². The summed E-state index contributed by atoms with van der Waals surface area (Å²) in [6, 6.07) is 9.44. The van der Waals surface area contributed by atoms with E-state index in [1.165, 1.54) is 0 Å². The fourth-order valence-corrected chi connectivity index (χ4v) is 1.34. The molecule has 4 heteroatoms. The lowest BCUT2D eigenvalue weighted by molar-refractivity contribution is -0.357. The fourth-order valence-electron chi connectivity index (χ4n) is 1.34. The first-order valence-corrected chi connectivity index (χ1v) is 4.20. The smallest absolute Gasteiger partial charge is 0.278 e. The lowest BCUT2D eigenvalue weighted by Gasteiger charge is -1.85. The number of para-hydroxylation sites is 2. The number of hydrogen-bond acceptors (Lipinski definition) is 2. The molecular formula is C10H8N3O+. The number of H-pyrrole nitrogens is 2. The Morgan fingerprint density at radius 3 is 2.93 bits per heavy atom. The van der Waals surface area contributed by atoms with Crippen molar-refractivity contribution in [2.24, 2.45) is 0 Å². The van der Waals surface area contributed by atoms with Crippen LogP contribution < -0.4 is 4.98 Å². The number of carbonyl (C=O) groups is 1. The fraction of sp³-hybridized carbons (Fsp3) is 0.100. The second kappa shape index (κ2) is 3.30. The van der Waals surface area contributed by atoms with Gasteiger partial charge < -0.3 is 4.79 Å². The van der Waals surface area contributed by atoms with Crippen molar-refractivity contribution in [2.45, 2.75) is 5.92 Å². The van der Waals surface area contributed by atoms with Crippen LogP contribution in [0.4, 0.5) is 0 Å². The summed E-state index contributed by atoms with van der Waals surface area (Å²) in [5.74, 6) is -0.217. The van der Waals surface area contributed by atoms with Gasteiger partial charge in [0.1, 0.15) is 6.29 Å². The minimum atomic E-state index is -0.748. The predicted octanol–water partition coefficient (Wildman–Crippen LogP) is 0.788. The number of nitriles is 1. The van der Waals surface area contributed by atoms with Crippen molar-refractivity contribution in [3.63, 3.8) is 0 Å². The molecule has 2 rings (SSSR count). The van der Waals surface area contributed by atoms with E-state index in [1.807, 2.05) is 30.3 Å². The molecule has 0 saturated heterocycles. The van der Waals surface area contributed by atoms with E-state index in [0.29, 0.717) is 12.1 Å². The quantitative estimate of drug-likeness (QED) is 0.704. The summed E-state index contributed by atoms with van der Waals surface area (Å²) in [5, 5.41) is 8.68. The molecule has 0 fully saturated rings. The van der Waals surface area contributed by atoms with Gasteiger partial charge in [0.15, 0.2) is 11.0 Å². The Morgan fingerprint density at radius 1 is 1.50 bits per heavy atom. The van der Waals surface area contributed by atoms with Crippen LogP contribution in [-0.4, -0.2) is 11.3 Å². The van der Waals surface area contributed by atoms with E-state index in [1.54, 1.807) is 0 Å². The predicted molar refractivity (Wildman–Crippen MR) is 49.3 cm³/mol. The number of aromatic nitrogens is 2. The number of rotatable bonds is 2.